The maximum Gasteiger partial charge on any atom is 0.119 e. The Bertz CT molecular complexity index is 371. The number of ether oxygens (including phenoxy) is 1. The molecule has 0 aliphatic rings. The first kappa shape index (κ1) is 17.3. The summed E-state index contributed by atoms with van der Waals surface area (Å²) in [7, 11) is 5.96. The first-order valence-electron chi connectivity index (χ1n) is 7.27. The highest BCUT2D eigenvalue weighted by molar-refractivity contribution is 7.99. The lowest BCUT2D eigenvalue weighted by atomic mass is 10.1. The van der Waals surface area contributed by atoms with Crippen LogP contribution in [0.3, 0.4) is 0 Å². The van der Waals surface area contributed by atoms with Gasteiger partial charge in [0.2, 0.25) is 0 Å². The fraction of sp³-hybridized carbons (Fsp3) is 0.625. The first-order valence-corrected chi connectivity index (χ1v) is 8.42. The molecule has 1 atom stereocenters. The lowest BCUT2D eigenvalue weighted by Gasteiger charge is -2.20. The molecule has 0 spiro atoms. The fourth-order valence-corrected chi connectivity index (χ4v) is 3.11. The van der Waals surface area contributed by atoms with Crippen LogP contribution < -0.4 is 10.1 Å². The summed E-state index contributed by atoms with van der Waals surface area (Å²) in [5.41, 5.74) is 1.31. The highest BCUT2D eigenvalue weighted by atomic mass is 32.2. The van der Waals surface area contributed by atoms with Crippen molar-refractivity contribution in [1.29, 1.82) is 0 Å². The monoisotopic (exact) mass is 296 g/mol. The molecule has 0 aliphatic carbocycles. The minimum Gasteiger partial charge on any atom is -0.497 e. The average molecular weight is 296 g/mol. The van der Waals surface area contributed by atoms with Crippen molar-refractivity contribution in [2.45, 2.75) is 19.4 Å². The summed E-state index contributed by atoms with van der Waals surface area (Å²) >= 11 is 2.00. The van der Waals surface area contributed by atoms with Gasteiger partial charge in [-0.1, -0.05) is 19.1 Å². The molecule has 20 heavy (non-hydrogen) atoms. The maximum atomic E-state index is 5.33. The zero-order valence-electron chi connectivity index (χ0n) is 13.2. The third kappa shape index (κ3) is 6.64. The first-order chi connectivity index (χ1) is 9.67. The summed E-state index contributed by atoms with van der Waals surface area (Å²) in [6.07, 6.45) is 1.16. The van der Waals surface area contributed by atoms with Gasteiger partial charge in [0.25, 0.3) is 0 Å². The van der Waals surface area contributed by atoms with Crippen molar-refractivity contribution in [3.63, 3.8) is 0 Å². The highest BCUT2D eigenvalue weighted by Crippen LogP contribution is 2.22. The number of hydrogen-bond acceptors (Lipinski definition) is 4. The van der Waals surface area contributed by atoms with Crippen molar-refractivity contribution >= 4 is 11.8 Å². The van der Waals surface area contributed by atoms with E-state index in [0.717, 1.165) is 31.0 Å². The lowest BCUT2D eigenvalue weighted by Crippen LogP contribution is -2.25. The number of benzene rings is 1. The Labute approximate surface area is 128 Å². The summed E-state index contributed by atoms with van der Waals surface area (Å²) < 4.78 is 5.33. The van der Waals surface area contributed by atoms with E-state index < -0.39 is 0 Å². The minimum absolute atomic E-state index is 0.400. The predicted molar refractivity (Wildman–Crippen MR) is 89.9 cm³/mol. The van der Waals surface area contributed by atoms with Gasteiger partial charge in [0, 0.05) is 24.1 Å². The van der Waals surface area contributed by atoms with Crippen LogP contribution in [0.1, 0.15) is 24.9 Å². The third-order valence-corrected chi connectivity index (χ3v) is 4.14. The molecule has 0 fully saturated rings. The number of rotatable bonds is 10. The molecule has 0 aromatic heterocycles. The van der Waals surface area contributed by atoms with E-state index in [0.29, 0.717) is 6.04 Å². The van der Waals surface area contributed by atoms with Crippen LogP contribution in [0, 0.1) is 0 Å². The summed E-state index contributed by atoms with van der Waals surface area (Å²) in [6, 6.07) is 8.79. The van der Waals surface area contributed by atoms with Crippen LogP contribution in [0.25, 0.3) is 0 Å². The Morgan fingerprint density at radius 2 is 2.15 bits per heavy atom. The molecule has 0 saturated heterocycles. The molecule has 3 nitrogen and oxygen atoms in total. The maximum absolute atomic E-state index is 5.33. The van der Waals surface area contributed by atoms with Gasteiger partial charge in [0.1, 0.15) is 5.75 Å². The Morgan fingerprint density at radius 1 is 1.35 bits per heavy atom. The van der Waals surface area contributed by atoms with Crippen molar-refractivity contribution in [1.82, 2.24) is 10.2 Å². The van der Waals surface area contributed by atoms with Crippen molar-refractivity contribution in [3.05, 3.63) is 29.8 Å². The molecule has 0 amide bonds. The predicted octanol–water partition coefficient (Wildman–Crippen LogP) is 3.03. The Hall–Kier alpha value is -0.710. The van der Waals surface area contributed by atoms with Crippen molar-refractivity contribution in [3.8, 4) is 5.75 Å². The largest absolute Gasteiger partial charge is 0.497 e. The zero-order valence-corrected chi connectivity index (χ0v) is 14.0. The van der Waals surface area contributed by atoms with Crippen LogP contribution in [0.15, 0.2) is 24.3 Å². The van der Waals surface area contributed by atoms with Crippen LogP contribution >= 0.6 is 11.8 Å². The summed E-state index contributed by atoms with van der Waals surface area (Å²) in [4.78, 5) is 2.23. The second-order valence-electron chi connectivity index (χ2n) is 5.16. The van der Waals surface area contributed by atoms with Crippen LogP contribution in [-0.2, 0) is 0 Å². The van der Waals surface area contributed by atoms with Gasteiger partial charge >= 0.3 is 0 Å². The van der Waals surface area contributed by atoms with Crippen LogP contribution in [-0.4, -0.2) is 50.7 Å². The quantitative estimate of drug-likeness (QED) is 0.671. The Kier molecular flexibility index (Phi) is 8.74. The van der Waals surface area contributed by atoms with Crippen molar-refractivity contribution in [2.75, 3.05) is 45.8 Å². The zero-order chi connectivity index (χ0) is 14.8. The normalized spacial score (nSPS) is 12.7. The Morgan fingerprint density at radius 3 is 2.80 bits per heavy atom. The summed E-state index contributed by atoms with van der Waals surface area (Å²) in [6.45, 7) is 4.38. The molecule has 4 heteroatoms. The van der Waals surface area contributed by atoms with Gasteiger partial charge in [-0.3, -0.25) is 0 Å². The van der Waals surface area contributed by atoms with E-state index in [1.54, 1.807) is 7.11 Å². The van der Waals surface area contributed by atoms with Gasteiger partial charge in [-0.15, -0.1) is 0 Å². The molecule has 1 aromatic rings. The van der Waals surface area contributed by atoms with E-state index in [-0.39, 0.29) is 0 Å². The summed E-state index contributed by atoms with van der Waals surface area (Å²) in [5, 5.41) is 3.64. The molecule has 0 bridgehead atoms. The third-order valence-electron chi connectivity index (χ3n) is 3.10. The molecule has 1 unspecified atom stereocenters. The van der Waals surface area contributed by atoms with Gasteiger partial charge in [-0.05, 0) is 44.8 Å². The molecule has 114 valence electrons. The fourth-order valence-electron chi connectivity index (χ4n) is 1.90. The van der Waals surface area contributed by atoms with Gasteiger partial charge in [-0.2, -0.15) is 11.8 Å². The second kappa shape index (κ2) is 10.1. The summed E-state index contributed by atoms with van der Waals surface area (Å²) in [5.74, 6) is 3.20. The molecule has 1 aromatic carbocycles. The number of thioether (sulfide) groups is 1. The molecule has 0 radical (unpaired) electrons. The molecule has 1 N–H and O–H groups in total. The topological polar surface area (TPSA) is 24.5 Å². The number of nitrogens with one attached hydrogen (secondary N) is 1. The van der Waals surface area contributed by atoms with Crippen molar-refractivity contribution < 1.29 is 4.74 Å². The average Bonchev–Trinajstić information content (AvgIpc) is 2.46. The van der Waals surface area contributed by atoms with Crippen molar-refractivity contribution in [2.24, 2.45) is 0 Å². The van der Waals surface area contributed by atoms with Crippen LogP contribution in [0.4, 0.5) is 0 Å². The standard InChI is InChI=1S/C16H28N2OS/c1-5-9-17-16(13-20-11-10-18(2)3)14-7-6-8-15(12-14)19-4/h6-8,12,16-17H,5,9-11,13H2,1-4H3. The SMILES string of the molecule is CCCNC(CSCCN(C)C)c1cccc(OC)c1. The lowest BCUT2D eigenvalue weighted by molar-refractivity contribution is 0.413. The van der Waals surface area contributed by atoms with Gasteiger partial charge in [0.05, 0.1) is 7.11 Å². The van der Waals surface area contributed by atoms with E-state index in [2.05, 4.69) is 49.4 Å². The Balaban J connectivity index is 2.57. The smallest absolute Gasteiger partial charge is 0.119 e. The van der Waals surface area contributed by atoms with Crippen LogP contribution in [0.5, 0.6) is 5.75 Å². The van der Waals surface area contributed by atoms with E-state index in [9.17, 15) is 0 Å². The van der Waals surface area contributed by atoms with Gasteiger partial charge in [0.15, 0.2) is 0 Å². The van der Waals surface area contributed by atoms with E-state index in [1.807, 2.05) is 17.8 Å². The number of methoxy groups -OCH3 is 1. The number of nitrogens with zero attached hydrogens (tertiary/aromatic N) is 1. The molecule has 0 heterocycles. The van der Waals surface area contributed by atoms with Gasteiger partial charge < -0.3 is 15.0 Å². The van der Waals surface area contributed by atoms with E-state index >= 15 is 0 Å². The van der Waals surface area contributed by atoms with E-state index in [1.165, 1.54) is 11.3 Å². The van der Waals surface area contributed by atoms with Crippen LogP contribution in [0.2, 0.25) is 0 Å². The second-order valence-corrected chi connectivity index (χ2v) is 6.31. The highest BCUT2D eigenvalue weighted by Gasteiger charge is 2.11. The van der Waals surface area contributed by atoms with E-state index in [4.69, 9.17) is 4.74 Å². The number of hydrogen-bond donors (Lipinski definition) is 1. The molecular formula is C16H28N2OS. The molecular weight excluding hydrogens is 268 g/mol. The molecule has 0 aliphatic heterocycles. The molecule has 0 saturated carbocycles. The molecule has 1 rings (SSSR count). The minimum atomic E-state index is 0.400. The van der Waals surface area contributed by atoms with Gasteiger partial charge in [-0.25, -0.2) is 0 Å².